The SMILES string of the molecule is CN1C[C@H]1CCCOc1ccc(/C(=C(/CCCO)c2ccccc2)c2ccc(O)cc2)cc1. The number of ether oxygens (including phenoxy) is 1. The average molecular weight is 444 g/mol. The lowest BCUT2D eigenvalue weighted by molar-refractivity contribution is 0.290. The van der Waals surface area contributed by atoms with Crippen LogP contribution in [0, 0.1) is 0 Å². The molecule has 0 spiro atoms. The van der Waals surface area contributed by atoms with Gasteiger partial charge >= 0.3 is 0 Å². The molecule has 0 amide bonds. The highest BCUT2D eigenvalue weighted by atomic mass is 16.5. The van der Waals surface area contributed by atoms with Crippen LogP contribution in [0.15, 0.2) is 78.9 Å². The molecule has 0 radical (unpaired) electrons. The minimum absolute atomic E-state index is 0.141. The molecule has 33 heavy (non-hydrogen) atoms. The largest absolute Gasteiger partial charge is 0.508 e. The van der Waals surface area contributed by atoms with E-state index in [1.54, 1.807) is 12.1 Å². The molecular weight excluding hydrogens is 410 g/mol. The second kappa shape index (κ2) is 11.2. The molecule has 2 N–H and O–H groups in total. The van der Waals surface area contributed by atoms with E-state index in [1.807, 2.05) is 42.5 Å². The molecule has 2 atom stereocenters. The van der Waals surface area contributed by atoms with Gasteiger partial charge in [0.1, 0.15) is 11.5 Å². The van der Waals surface area contributed by atoms with Crippen molar-refractivity contribution < 1.29 is 14.9 Å². The quantitative estimate of drug-likeness (QED) is 0.230. The highest BCUT2D eigenvalue weighted by molar-refractivity contribution is 5.98. The zero-order chi connectivity index (χ0) is 23.0. The molecule has 4 heteroatoms. The number of allylic oxidation sites excluding steroid dienone is 1. The van der Waals surface area contributed by atoms with Gasteiger partial charge in [-0.15, -0.1) is 0 Å². The molecule has 4 nitrogen and oxygen atoms in total. The van der Waals surface area contributed by atoms with Gasteiger partial charge in [-0.2, -0.15) is 0 Å². The summed E-state index contributed by atoms with van der Waals surface area (Å²) in [6.07, 6.45) is 3.69. The predicted molar refractivity (Wildman–Crippen MR) is 134 cm³/mol. The Labute approximate surface area is 196 Å². The molecule has 1 aliphatic heterocycles. The van der Waals surface area contributed by atoms with E-state index in [4.69, 9.17) is 4.74 Å². The summed E-state index contributed by atoms with van der Waals surface area (Å²) in [6.45, 7) is 2.08. The van der Waals surface area contributed by atoms with Crippen molar-refractivity contribution in [3.05, 3.63) is 95.6 Å². The maximum absolute atomic E-state index is 9.83. The molecule has 1 heterocycles. The zero-order valence-electron chi connectivity index (χ0n) is 19.3. The number of benzene rings is 3. The van der Waals surface area contributed by atoms with Gasteiger partial charge in [0, 0.05) is 19.2 Å². The fourth-order valence-corrected chi connectivity index (χ4v) is 4.28. The van der Waals surface area contributed by atoms with Crippen LogP contribution in [0.4, 0.5) is 0 Å². The van der Waals surface area contributed by atoms with Crippen molar-refractivity contribution in [2.45, 2.75) is 31.7 Å². The molecule has 1 aliphatic rings. The van der Waals surface area contributed by atoms with Crippen molar-refractivity contribution in [3.8, 4) is 11.5 Å². The van der Waals surface area contributed by atoms with E-state index in [0.717, 1.165) is 53.5 Å². The Bertz CT molecular complexity index is 1040. The second-order valence-electron chi connectivity index (χ2n) is 8.70. The highest BCUT2D eigenvalue weighted by Gasteiger charge is 2.28. The summed E-state index contributed by atoms with van der Waals surface area (Å²) in [6, 6.07) is 26.7. The summed E-state index contributed by atoms with van der Waals surface area (Å²) < 4.78 is 5.98. The van der Waals surface area contributed by atoms with Gasteiger partial charge in [-0.3, -0.25) is 0 Å². The van der Waals surface area contributed by atoms with E-state index in [9.17, 15) is 10.2 Å². The lowest BCUT2D eigenvalue weighted by Crippen LogP contribution is -2.02. The van der Waals surface area contributed by atoms with Crippen LogP contribution in [0.3, 0.4) is 0 Å². The summed E-state index contributed by atoms with van der Waals surface area (Å²) in [5, 5.41) is 19.4. The lowest BCUT2D eigenvalue weighted by Gasteiger charge is -2.18. The minimum Gasteiger partial charge on any atom is -0.508 e. The van der Waals surface area contributed by atoms with Crippen molar-refractivity contribution >= 4 is 11.1 Å². The minimum atomic E-state index is 0.141. The number of aliphatic hydroxyl groups is 1. The first-order valence-corrected chi connectivity index (χ1v) is 11.8. The van der Waals surface area contributed by atoms with E-state index in [1.165, 1.54) is 18.5 Å². The Morgan fingerprint density at radius 3 is 2.12 bits per heavy atom. The van der Waals surface area contributed by atoms with Crippen LogP contribution in [0.25, 0.3) is 11.1 Å². The summed E-state index contributed by atoms with van der Waals surface area (Å²) in [7, 11) is 2.16. The van der Waals surface area contributed by atoms with Gasteiger partial charge in [-0.25, -0.2) is 0 Å². The molecule has 3 aromatic rings. The lowest BCUT2D eigenvalue weighted by atomic mass is 9.87. The van der Waals surface area contributed by atoms with Crippen LogP contribution in [0.5, 0.6) is 11.5 Å². The Morgan fingerprint density at radius 1 is 0.879 bits per heavy atom. The van der Waals surface area contributed by atoms with Crippen LogP contribution in [-0.2, 0) is 0 Å². The number of rotatable bonds is 11. The number of nitrogens with zero attached hydrogens (tertiary/aromatic N) is 1. The van der Waals surface area contributed by atoms with E-state index >= 15 is 0 Å². The van der Waals surface area contributed by atoms with Gasteiger partial charge in [-0.1, -0.05) is 54.6 Å². The molecule has 1 unspecified atom stereocenters. The Balaban J connectivity index is 1.62. The fourth-order valence-electron chi connectivity index (χ4n) is 4.28. The van der Waals surface area contributed by atoms with Gasteiger partial charge in [0.2, 0.25) is 0 Å². The topological polar surface area (TPSA) is 52.7 Å². The van der Waals surface area contributed by atoms with Gasteiger partial charge in [0.25, 0.3) is 0 Å². The maximum Gasteiger partial charge on any atom is 0.119 e. The number of phenols is 1. The molecule has 0 bridgehead atoms. The molecular formula is C29H33NO3. The number of aromatic hydroxyl groups is 1. The summed E-state index contributed by atoms with van der Waals surface area (Å²) in [5.41, 5.74) is 5.55. The predicted octanol–water partition coefficient (Wildman–Crippen LogP) is 5.60. The van der Waals surface area contributed by atoms with E-state index in [2.05, 4.69) is 36.2 Å². The first-order chi connectivity index (χ1) is 16.2. The van der Waals surface area contributed by atoms with Gasteiger partial charge in [-0.05, 0) is 84.8 Å². The molecule has 1 fully saturated rings. The van der Waals surface area contributed by atoms with Crippen molar-refractivity contribution in [2.75, 3.05) is 26.8 Å². The molecule has 1 saturated heterocycles. The fraction of sp³-hybridized carbons (Fsp3) is 0.310. The third-order valence-electron chi connectivity index (χ3n) is 6.25. The summed E-state index contributed by atoms with van der Waals surface area (Å²) >= 11 is 0. The number of hydrogen-bond donors (Lipinski definition) is 2. The molecule has 0 saturated carbocycles. The standard InChI is InChI=1S/C29H33NO3/c1-30-21-25(30)9-6-20-33-27-17-13-24(14-18-27)29(23-11-15-26(32)16-12-23)28(10-5-19-31)22-7-3-2-4-8-22/h2-4,7-8,11-18,25,31-32H,5-6,9-10,19-21H2,1H3/b29-28-/t25-,30?/m1/s1. The Hall–Kier alpha value is -3.08. The van der Waals surface area contributed by atoms with Gasteiger partial charge in [0.15, 0.2) is 0 Å². The smallest absolute Gasteiger partial charge is 0.119 e. The van der Waals surface area contributed by atoms with Gasteiger partial charge in [0.05, 0.1) is 6.61 Å². The second-order valence-corrected chi connectivity index (χ2v) is 8.70. The van der Waals surface area contributed by atoms with Crippen molar-refractivity contribution in [1.29, 1.82) is 0 Å². The average Bonchev–Trinajstić information content (AvgIpc) is 3.56. The van der Waals surface area contributed by atoms with Crippen molar-refractivity contribution in [2.24, 2.45) is 0 Å². The van der Waals surface area contributed by atoms with Gasteiger partial charge < -0.3 is 19.8 Å². The van der Waals surface area contributed by atoms with Crippen LogP contribution in [0.1, 0.15) is 42.4 Å². The van der Waals surface area contributed by atoms with Crippen LogP contribution >= 0.6 is 0 Å². The van der Waals surface area contributed by atoms with Crippen molar-refractivity contribution in [3.63, 3.8) is 0 Å². The van der Waals surface area contributed by atoms with Crippen LogP contribution < -0.4 is 4.74 Å². The van der Waals surface area contributed by atoms with Crippen LogP contribution in [-0.4, -0.2) is 48.0 Å². The summed E-state index contributed by atoms with van der Waals surface area (Å²) in [4.78, 5) is 2.35. The third-order valence-corrected chi connectivity index (χ3v) is 6.25. The number of likely N-dealkylation sites (N-methyl/N-ethyl adjacent to an activating group) is 1. The molecule has 0 aromatic heterocycles. The Kier molecular flexibility index (Phi) is 7.82. The Morgan fingerprint density at radius 2 is 1.52 bits per heavy atom. The van der Waals surface area contributed by atoms with E-state index in [-0.39, 0.29) is 12.4 Å². The monoisotopic (exact) mass is 443 g/mol. The summed E-state index contributed by atoms with van der Waals surface area (Å²) in [5.74, 6) is 1.13. The third kappa shape index (κ3) is 6.25. The molecule has 4 rings (SSSR count). The van der Waals surface area contributed by atoms with Crippen molar-refractivity contribution in [1.82, 2.24) is 4.90 Å². The number of aliphatic hydroxyl groups excluding tert-OH is 1. The molecule has 3 aromatic carbocycles. The number of hydrogen-bond acceptors (Lipinski definition) is 4. The first kappa shape index (κ1) is 23.1. The van der Waals surface area contributed by atoms with E-state index < -0.39 is 0 Å². The highest BCUT2D eigenvalue weighted by Crippen LogP contribution is 2.36. The van der Waals surface area contributed by atoms with Crippen LogP contribution in [0.2, 0.25) is 0 Å². The molecule has 0 aliphatic carbocycles. The normalized spacial score (nSPS) is 18.0. The first-order valence-electron chi connectivity index (χ1n) is 11.8. The van der Waals surface area contributed by atoms with E-state index in [0.29, 0.717) is 6.42 Å². The molecule has 172 valence electrons. The maximum atomic E-state index is 9.83. The number of phenolic OH excluding ortho intramolecular Hbond substituents is 1. The zero-order valence-corrected chi connectivity index (χ0v) is 19.3.